The first-order chi connectivity index (χ1) is 10.8. The number of sulfonamides is 1. The molecule has 1 fully saturated rings. The Hall–Kier alpha value is -1.74. The Kier molecular flexibility index (Phi) is 5.53. The van der Waals surface area contributed by atoms with Crippen molar-refractivity contribution in [2.24, 2.45) is 0 Å². The molecular formula is C14H22N4O4S. The third-order valence-corrected chi connectivity index (χ3v) is 5.27. The van der Waals surface area contributed by atoms with Gasteiger partial charge in [-0.15, -0.1) is 0 Å². The van der Waals surface area contributed by atoms with E-state index in [1.807, 2.05) is 0 Å². The van der Waals surface area contributed by atoms with Gasteiger partial charge in [0.1, 0.15) is 11.4 Å². The topological polar surface area (TPSA) is 112 Å². The number of amides is 1. The fourth-order valence-electron chi connectivity index (χ4n) is 2.79. The van der Waals surface area contributed by atoms with Crippen molar-refractivity contribution in [3.05, 3.63) is 27.9 Å². The average Bonchev–Trinajstić information content (AvgIpc) is 2.46. The summed E-state index contributed by atoms with van der Waals surface area (Å²) in [6.07, 6.45) is 5.60. The number of carbonyl (C=O) groups is 1. The fraction of sp³-hybridized carbons (Fsp3) is 0.643. The quantitative estimate of drug-likeness (QED) is 0.783. The predicted molar refractivity (Wildman–Crippen MR) is 85.7 cm³/mol. The molecule has 0 radical (unpaired) electrons. The first-order valence-corrected chi connectivity index (χ1v) is 9.45. The lowest BCUT2D eigenvalue weighted by molar-refractivity contribution is 0.0947. The van der Waals surface area contributed by atoms with Crippen LogP contribution < -0.4 is 10.9 Å². The fourth-order valence-corrected chi connectivity index (χ4v) is 4.01. The van der Waals surface area contributed by atoms with E-state index in [-0.39, 0.29) is 11.6 Å². The van der Waals surface area contributed by atoms with Crippen LogP contribution in [0.3, 0.4) is 0 Å². The second kappa shape index (κ2) is 7.22. The SMILES string of the molecule is Cc1ncc(C(=O)NCCC2CCCCN2S(C)(=O)=O)c(=O)[nH]1. The van der Waals surface area contributed by atoms with Gasteiger partial charge < -0.3 is 10.3 Å². The predicted octanol–water partition coefficient (Wildman–Crippen LogP) is 0.0123. The molecule has 0 bridgehead atoms. The van der Waals surface area contributed by atoms with Gasteiger partial charge in [0, 0.05) is 25.3 Å². The monoisotopic (exact) mass is 342 g/mol. The molecule has 1 aromatic heterocycles. The Morgan fingerprint density at radius 3 is 2.87 bits per heavy atom. The highest BCUT2D eigenvalue weighted by Gasteiger charge is 2.28. The van der Waals surface area contributed by atoms with Crippen molar-refractivity contribution >= 4 is 15.9 Å². The van der Waals surface area contributed by atoms with Crippen LogP contribution in [0.2, 0.25) is 0 Å². The van der Waals surface area contributed by atoms with Crippen molar-refractivity contribution < 1.29 is 13.2 Å². The van der Waals surface area contributed by atoms with Crippen LogP contribution in [0.15, 0.2) is 11.0 Å². The number of aromatic nitrogens is 2. The summed E-state index contributed by atoms with van der Waals surface area (Å²) >= 11 is 0. The summed E-state index contributed by atoms with van der Waals surface area (Å²) in [6, 6.07) is -0.103. The maximum atomic E-state index is 12.0. The molecule has 1 aromatic rings. The molecule has 1 aliphatic heterocycles. The van der Waals surface area contributed by atoms with Gasteiger partial charge in [-0.05, 0) is 26.2 Å². The summed E-state index contributed by atoms with van der Waals surface area (Å²) in [5.74, 6) is -0.0574. The van der Waals surface area contributed by atoms with Crippen LogP contribution in [-0.4, -0.2) is 54.0 Å². The number of piperidine rings is 1. The lowest BCUT2D eigenvalue weighted by Gasteiger charge is -2.33. The van der Waals surface area contributed by atoms with E-state index >= 15 is 0 Å². The molecule has 2 rings (SSSR count). The van der Waals surface area contributed by atoms with E-state index in [1.54, 1.807) is 6.92 Å². The molecule has 23 heavy (non-hydrogen) atoms. The molecule has 1 unspecified atom stereocenters. The average molecular weight is 342 g/mol. The van der Waals surface area contributed by atoms with Crippen molar-refractivity contribution in [3.8, 4) is 0 Å². The number of aromatic amines is 1. The van der Waals surface area contributed by atoms with Crippen LogP contribution in [0.25, 0.3) is 0 Å². The van der Waals surface area contributed by atoms with E-state index in [9.17, 15) is 18.0 Å². The van der Waals surface area contributed by atoms with Gasteiger partial charge in [0.2, 0.25) is 10.0 Å². The van der Waals surface area contributed by atoms with E-state index in [4.69, 9.17) is 0 Å². The van der Waals surface area contributed by atoms with Crippen molar-refractivity contribution in [2.45, 2.75) is 38.6 Å². The third kappa shape index (κ3) is 4.61. The van der Waals surface area contributed by atoms with Crippen LogP contribution in [0.4, 0.5) is 0 Å². The van der Waals surface area contributed by atoms with Crippen molar-refractivity contribution in [1.29, 1.82) is 0 Å². The molecule has 0 aromatic carbocycles. The Labute approximate surface area is 135 Å². The summed E-state index contributed by atoms with van der Waals surface area (Å²) < 4.78 is 25.1. The van der Waals surface area contributed by atoms with Crippen LogP contribution in [-0.2, 0) is 10.0 Å². The lowest BCUT2D eigenvalue weighted by atomic mass is 10.0. The van der Waals surface area contributed by atoms with E-state index in [0.717, 1.165) is 19.3 Å². The molecule has 1 saturated heterocycles. The summed E-state index contributed by atoms with van der Waals surface area (Å²) in [5, 5.41) is 2.66. The maximum Gasteiger partial charge on any atom is 0.263 e. The summed E-state index contributed by atoms with van der Waals surface area (Å²) in [5.41, 5.74) is -0.523. The molecule has 9 heteroatoms. The Morgan fingerprint density at radius 1 is 1.48 bits per heavy atom. The summed E-state index contributed by atoms with van der Waals surface area (Å²) in [7, 11) is -3.23. The van der Waals surface area contributed by atoms with Gasteiger partial charge in [0.25, 0.3) is 11.5 Å². The maximum absolute atomic E-state index is 12.0. The minimum Gasteiger partial charge on any atom is -0.352 e. The largest absolute Gasteiger partial charge is 0.352 e. The first kappa shape index (κ1) is 17.6. The van der Waals surface area contributed by atoms with Crippen molar-refractivity contribution in [1.82, 2.24) is 19.6 Å². The smallest absolute Gasteiger partial charge is 0.263 e. The molecular weight excluding hydrogens is 320 g/mol. The zero-order chi connectivity index (χ0) is 17.0. The van der Waals surface area contributed by atoms with E-state index in [1.165, 1.54) is 16.8 Å². The van der Waals surface area contributed by atoms with Gasteiger partial charge >= 0.3 is 0 Å². The summed E-state index contributed by atoms with van der Waals surface area (Å²) in [4.78, 5) is 30.1. The molecule has 8 nitrogen and oxygen atoms in total. The molecule has 0 spiro atoms. The van der Waals surface area contributed by atoms with Crippen LogP contribution >= 0.6 is 0 Å². The Bertz CT molecular complexity index is 729. The first-order valence-electron chi connectivity index (χ1n) is 7.60. The zero-order valence-electron chi connectivity index (χ0n) is 13.3. The Morgan fingerprint density at radius 2 is 2.22 bits per heavy atom. The molecule has 1 amide bonds. The number of hydrogen-bond acceptors (Lipinski definition) is 5. The highest BCUT2D eigenvalue weighted by Crippen LogP contribution is 2.21. The number of aryl methyl sites for hydroxylation is 1. The van der Waals surface area contributed by atoms with E-state index < -0.39 is 21.5 Å². The van der Waals surface area contributed by atoms with E-state index in [2.05, 4.69) is 15.3 Å². The minimum absolute atomic E-state index is 0.0424. The number of nitrogens with one attached hydrogen (secondary N) is 2. The molecule has 2 N–H and O–H groups in total. The van der Waals surface area contributed by atoms with Gasteiger partial charge in [-0.2, -0.15) is 4.31 Å². The lowest BCUT2D eigenvalue weighted by Crippen LogP contribution is -2.44. The normalized spacial score (nSPS) is 19.5. The van der Waals surface area contributed by atoms with Crippen molar-refractivity contribution in [3.63, 3.8) is 0 Å². The molecule has 2 heterocycles. The van der Waals surface area contributed by atoms with Crippen LogP contribution in [0, 0.1) is 6.92 Å². The number of rotatable bonds is 5. The van der Waals surface area contributed by atoms with Gasteiger partial charge in [-0.25, -0.2) is 13.4 Å². The highest BCUT2D eigenvalue weighted by molar-refractivity contribution is 7.88. The zero-order valence-corrected chi connectivity index (χ0v) is 14.1. The van der Waals surface area contributed by atoms with Crippen LogP contribution in [0.1, 0.15) is 41.9 Å². The number of H-pyrrole nitrogens is 1. The molecule has 1 atom stereocenters. The highest BCUT2D eigenvalue weighted by atomic mass is 32.2. The number of nitrogens with zero attached hydrogens (tertiary/aromatic N) is 2. The van der Waals surface area contributed by atoms with E-state index in [0.29, 0.717) is 25.3 Å². The molecule has 1 aliphatic rings. The number of carbonyl (C=O) groups excluding carboxylic acids is 1. The molecule has 0 aliphatic carbocycles. The molecule has 0 saturated carbocycles. The second-order valence-electron chi connectivity index (χ2n) is 5.78. The van der Waals surface area contributed by atoms with Crippen molar-refractivity contribution in [2.75, 3.05) is 19.3 Å². The molecule has 128 valence electrons. The van der Waals surface area contributed by atoms with Gasteiger partial charge in [-0.1, -0.05) is 6.42 Å². The standard InChI is InChI=1S/C14H22N4O4S/c1-10-16-9-12(14(20)17-10)13(19)15-7-6-11-5-3-4-8-18(11)23(2,21)22/h9,11H,3-8H2,1-2H3,(H,15,19)(H,16,17,20). The van der Waals surface area contributed by atoms with Gasteiger partial charge in [-0.3, -0.25) is 9.59 Å². The minimum atomic E-state index is -3.23. The third-order valence-electron chi connectivity index (χ3n) is 3.93. The summed E-state index contributed by atoms with van der Waals surface area (Å²) in [6.45, 7) is 2.47. The van der Waals surface area contributed by atoms with Gasteiger partial charge in [0.15, 0.2) is 0 Å². The second-order valence-corrected chi connectivity index (χ2v) is 7.71. The number of hydrogen-bond donors (Lipinski definition) is 2. The Balaban J connectivity index is 1.93. The van der Waals surface area contributed by atoms with Crippen LogP contribution in [0.5, 0.6) is 0 Å². The van der Waals surface area contributed by atoms with Gasteiger partial charge in [0.05, 0.1) is 6.26 Å².